The monoisotopic (exact) mass is 243 g/mol. The Kier molecular flexibility index (Phi) is 5.71. The quantitative estimate of drug-likeness (QED) is 0.293. The molecule has 17 heavy (non-hydrogen) atoms. The van der Waals surface area contributed by atoms with Gasteiger partial charge in [0.15, 0.2) is 0 Å². The van der Waals surface area contributed by atoms with E-state index in [1.54, 1.807) is 0 Å². The van der Waals surface area contributed by atoms with E-state index < -0.39 is 0 Å². The van der Waals surface area contributed by atoms with Crippen LogP contribution in [0.2, 0.25) is 0 Å². The third-order valence-electron chi connectivity index (χ3n) is 3.84. The molecule has 4 N–H and O–H groups in total. The number of likely N-dealkylation sites (N-methyl/N-ethyl adjacent to an activating group) is 1. The number of rotatable bonds is 5. The van der Waals surface area contributed by atoms with Gasteiger partial charge < -0.3 is 16.0 Å². The predicted molar refractivity (Wildman–Crippen MR) is 68.1 cm³/mol. The first-order valence-corrected chi connectivity index (χ1v) is 6.46. The second kappa shape index (κ2) is 6.81. The van der Waals surface area contributed by atoms with Crippen LogP contribution in [-0.2, 0) is 0 Å². The molecule has 1 aliphatic carbocycles. The van der Waals surface area contributed by atoms with Gasteiger partial charge in [-0.15, -0.1) is 0 Å². The number of oxime groups is 1. The lowest BCUT2D eigenvalue weighted by atomic mass is 9.90. The zero-order valence-corrected chi connectivity index (χ0v) is 10.8. The first-order chi connectivity index (χ1) is 8.10. The van der Waals surface area contributed by atoms with Gasteiger partial charge in [0, 0.05) is 18.5 Å². The Bertz CT molecular complexity index is 258. The number of aliphatic hydroxyl groups is 1. The molecule has 0 spiro atoms. The molecule has 0 heterocycles. The topological polar surface area (TPSA) is 82.1 Å². The summed E-state index contributed by atoms with van der Waals surface area (Å²) in [7, 11) is 2.03. The Morgan fingerprint density at radius 1 is 1.47 bits per heavy atom. The molecule has 0 aromatic rings. The van der Waals surface area contributed by atoms with Gasteiger partial charge in [0.2, 0.25) is 0 Å². The lowest BCUT2D eigenvalue weighted by Gasteiger charge is -2.39. The fourth-order valence-corrected chi connectivity index (χ4v) is 2.70. The third kappa shape index (κ3) is 3.85. The Morgan fingerprint density at radius 3 is 2.65 bits per heavy atom. The van der Waals surface area contributed by atoms with Crippen molar-refractivity contribution < 1.29 is 10.3 Å². The molecule has 5 heteroatoms. The van der Waals surface area contributed by atoms with Gasteiger partial charge in [0.25, 0.3) is 0 Å². The molecule has 0 saturated heterocycles. The van der Waals surface area contributed by atoms with Crippen molar-refractivity contribution in [3.05, 3.63) is 0 Å². The fourth-order valence-electron chi connectivity index (χ4n) is 2.70. The second-order valence-corrected chi connectivity index (χ2v) is 4.94. The molecule has 100 valence electrons. The number of nitrogens with zero attached hydrogens (tertiary/aromatic N) is 2. The highest BCUT2D eigenvalue weighted by Crippen LogP contribution is 2.25. The van der Waals surface area contributed by atoms with Gasteiger partial charge in [-0.05, 0) is 26.3 Å². The molecule has 1 aliphatic rings. The van der Waals surface area contributed by atoms with Crippen LogP contribution in [0, 0.1) is 0 Å². The highest BCUT2D eigenvalue weighted by molar-refractivity contribution is 5.80. The lowest BCUT2D eigenvalue weighted by molar-refractivity contribution is 0.0130. The van der Waals surface area contributed by atoms with Crippen molar-refractivity contribution in [2.75, 3.05) is 7.05 Å². The van der Waals surface area contributed by atoms with Crippen LogP contribution >= 0.6 is 0 Å². The average molecular weight is 243 g/mol. The van der Waals surface area contributed by atoms with Crippen molar-refractivity contribution in [2.24, 2.45) is 10.9 Å². The zero-order chi connectivity index (χ0) is 12.8. The summed E-state index contributed by atoms with van der Waals surface area (Å²) in [6.07, 6.45) is 5.44. The Labute approximate surface area is 103 Å². The molecule has 1 rings (SSSR count). The zero-order valence-electron chi connectivity index (χ0n) is 10.8. The van der Waals surface area contributed by atoms with E-state index in [0.717, 1.165) is 25.7 Å². The number of aliphatic hydroxyl groups excluding tert-OH is 1. The van der Waals surface area contributed by atoms with Crippen LogP contribution in [0.5, 0.6) is 0 Å². The largest absolute Gasteiger partial charge is 0.409 e. The van der Waals surface area contributed by atoms with Crippen LogP contribution in [0.15, 0.2) is 5.16 Å². The summed E-state index contributed by atoms with van der Waals surface area (Å²) in [6.45, 7) is 2.08. The summed E-state index contributed by atoms with van der Waals surface area (Å²) in [5, 5.41) is 21.7. The summed E-state index contributed by atoms with van der Waals surface area (Å²) in [5.74, 6) is 0.258. The van der Waals surface area contributed by atoms with Crippen LogP contribution in [0.4, 0.5) is 0 Å². The van der Waals surface area contributed by atoms with Gasteiger partial charge in [-0.2, -0.15) is 0 Å². The predicted octanol–water partition coefficient (Wildman–Crippen LogP) is 1.14. The van der Waals surface area contributed by atoms with E-state index in [1.165, 1.54) is 6.42 Å². The van der Waals surface area contributed by atoms with Crippen molar-refractivity contribution >= 4 is 5.84 Å². The van der Waals surface area contributed by atoms with Gasteiger partial charge in [-0.3, -0.25) is 4.90 Å². The van der Waals surface area contributed by atoms with Gasteiger partial charge in [-0.1, -0.05) is 24.9 Å². The van der Waals surface area contributed by atoms with E-state index in [4.69, 9.17) is 10.9 Å². The standard InChI is InChI=1S/C12H25N3O2/c1-3-9(8-12(13)14-17)15(2)10-6-4-5-7-11(10)16/h9-11,16-17H,3-8H2,1-2H3,(H2,13,14). The smallest absolute Gasteiger partial charge is 0.140 e. The van der Waals surface area contributed by atoms with E-state index in [2.05, 4.69) is 17.0 Å². The molecule has 0 aromatic carbocycles. The molecule has 3 atom stereocenters. The maximum Gasteiger partial charge on any atom is 0.140 e. The van der Waals surface area contributed by atoms with Crippen molar-refractivity contribution in [1.82, 2.24) is 4.90 Å². The maximum absolute atomic E-state index is 10.0. The van der Waals surface area contributed by atoms with E-state index in [9.17, 15) is 5.11 Å². The molecule has 3 unspecified atom stereocenters. The molecule has 0 aliphatic heterocycles. The molecule has 1 saturated carbocycles. The first-order valence-electron chi connectivity index (χ1n) is 6.46. The average Bonchev–Trinajstić information content (AvgIpc) is 2.35. The SMILES string of the molecule is CCC(CC(N)=NO)N(C)C1CCCCC1O. The summed E-state index contributed by atoms with van der Waals surface area (Å²) < 4.78 is 0. The van der Waals surface area contributed by atoms with E-state index >= 15 is 0 Å². The van der Waals surface area contributed by atoms with Crippen LogP contribution in [0.3, 0.4) is 0 Å². The third-order valence-corrected chi connectivity index (χ3v) is 3.84. The first kappa shape index (κ1) is 14.3. The number of nitrogens with two attached hydrogens (primary N) is 1. The summed E-state index contributed by atoms with van der Waals surface area (Å²) >= 11 is 0. The molecule has 0 aromatic heterocycles. The highest BCUT2D eigenvalue weighted by atomic mass is 16.4. The lowest BCUT2D eigenvalue weighted by Crippen LogP contribution is -2.49. The number of amidine groups is 1. The Hall–Kier alpha value is -0.810. The summed E-state index contributed by atoms with van der Waals surface area (Å²) in [6, 6.07) is 0.434. The molecule has 5 nitrogen and oxygen atoms in total. The maximum atomic E-state index is 10.0. The fraction of sp³-hybridized carbons (Fsp3) is 0.917. The van der Waals surface area contributed by atoms with Crippen molar-refractivity contribution in [3.63, 3.8) is 0 Å². The van der Waals surface area contributed by atoms with Crippen molar-refractivity contribution in [2.45, 2.75) is 63.6 Å². The molecular formula is C12H25N3O2. The van der Waals surface area contributed by atoms with Gasteiger partial charge in [0.1, 0.15) is 5.84 Å². The molecule has 0 radical (unpaired) electrons. The highest BCUT2D eigenvalue weighted by Gasteiger charge is 2.30. The molecule has 1 fully saturated rings. The summed E-state index contributed by atoms with van der Waals surface area (Å²) in [5.41, 5.74) is 5.56. The molecule has 0 amide bonds. The molecule has 0 bridgehead atoms. The minimum atomic E-state index is -0.241. The minimum Gasteiger partial charge on any atom is -0.409 e. The normalized spacial score (nSPS) is 28.4. The van der Waals surface area contributed by atoms with Crippen LogP contribution in [0.1, 0.15) is 45.4 Å². The summed E-state index contributed by atoms with van der Waals surface area (Å²) in [4.78, 5) is 2.20. The van der Waals surface area contributed by atoms with Crippen molar-refractivity contribution in [1.29, 1.82) is 0 Å². The van der Waals surface area contributed by atoms with Crippen LogP contribution < -0.4 is 5.73 Å². The van der Waals surface area contributed by atoms with Gasteiger partial charge in [-0.25, -0.2) is 0 Å². The van der Waals surface area contributed by atoms with Gasteiger partial charge in [0.05, 0.1) is 6.10 Å². The van der Waals surface area contributed by atoms with E-state index in [0.29, 0.717) is 6.42 Å². The second-order valence-electron chi connectivity index (χ2n) is 4.94. The number of hydrogen-bond acceptors (Lipinski definition) is 4. The Balaban J connectivity index is 2.60. The minimum absolute atomic E-state index is 0.209. The van der Waals surface area contributed by atoms with Crippen LogP contribution in [0.25, 0.3) is 0 Å². The number of hydrogen-bond donors (Lipinski definition) is 3. The van der Waals surface area contributed by atoms with Gasteiger partial charge >= 0.3 is 0 Å². The van der Waals surface area contributed by atoms with E-state index in [-0.39, 0.29) is 24.0 Å². The molecular weight excluding hydrogens is 218 g/mol. The van der Waals surface area contributed by atoms with Crippen LogP contribution in [-0.4, -0.2) is 46.3 Å². The Morgan fingerprint density at radius 2 is 2.12 bits per heavy atom. The van der Waals surface area contributed by atoms with E-state index in [1.807, 2.05) is 7.05 Å². The van der Waals surface area contributed by atoms with Crippen molar-refractivity contribution in [3.8, 4) is 0 Å².